The third-order valence-corrected chi connectivity index (χ3v) is 4.41. The number of nitrogens with zero attached hydrogens (tertiary/aromatic N) is 1. The molecule has 0 aromatic heterocycles. The molecule has 6 heteroatoms. The number of para-hydroxylation sites is 1. The predicted octanol–water partition coefficient (Wildman–Crippen LogP) is 3.40. The first kappa shape index (κ1) is 16.4. The van der Waals surface area contributed by atoms with Crippen molar-refractivity contribution in [1.82, 2.24) is 0 Å². The van der Waals surface area contributed by atoms with Crippen LogP contribution in [0.2, 0.25) is 0 Å². The van der Waals surface area contributed by atoms with Crippen LogP contribution in [0.1, 0.15) is 23.7 Å². The summed E-state index contributed by atoms with van der Waals surface area (Å²) in [6, 6.07) is 13.3. The number of anilines is 2. The summed E-state index contributed by atoms with van der Waals surface area (Å²) >= 11 is 3.30. The number of benzene rings is 2. The number of carbonyl (C=O) groups excluding carboxylic acids is 3. The minimum Gasteiger partial charge on any atom is -0.324 e. The summed E-state index contributed by atoms with van der Waals surface area (Å²) in [5, 5.41) is 2.79. The number of halogens is 1. The molecular formula is C18H15BrN2O3. The Morgan fingerprint density at radius 1 is 1.17 bits per heavy atom. The molecule has 1 heterocycles. The van der Waals surface area contributed by atoms with Crippen LogP contribution in [0.3, 0.4) is 0 Å². The van der Waals surface area contributed by atoms with Crippen LogP contribution in [0, 0.1) is 0 Å². The van der Waals surface area contributed by atoms with E-state index in [0.29, 0.717) is 27.8 Å². The van der Waals surface area contributed by atoms with Gasteiger partial charge in [-0.2, -0.15) is 0 Å². The van der Waals surface area contributed by atoms with Gasteiger partial charge in [-0.1, -0.05) is 41.1 Å². The molecule has 122 valence electrons. The number of fused-ring (bicyclic) bond motifs is 1. The number of hydrogen-bond donors (Lipinski definition) is 1. The number of nitrogens with one attached hydrogen (secondary N) is 1. The first-order valence-corrected chi connectivity index (χ1v) is 8.35. The molecule has 2 amide bonds. The SMILES string of the molecule is CCC(C(=O)Nc1ccccc1)N1C(=O)C(=O)c2cc(Br)ccc21. The monoisotopic (exact) mass is 386 g/mol. The molecule has 1 aliphatic rings. The summed E-state index contributed by atoms with van der Waals surface area (Å²) < 4.78 is 0.714. The highest BCUT2D eigenvalue weighted by atomic mass is 79.9. The highest BCUT2D eigenvalue weighted by Gasteiger charge is 2.41. The van der Waals surface area contributed by atoms with Crippen molar-refractivity contribution >= 4 is 44.9 Å². The molecule has 24 heavy (non-hydrogen) atoms. The summed E-state index contributed by atoms with van der Waals surface area (Å²) in [4.78, 5) is 38.6. The van der Waals surface area contributed by atoms with Gasteiger partial charge >= 0.3 is 0 Å². The fourth-order valence-corrected chi connectivity index (χ4v) is 3.14. The van der Waals surface area contributed by atoms with Crippen LogP contribution in [0.4, 0.5) is 11.4 Å². The highest BCUT2D eigenvalue weighted by molar-refractivity contribution is 9.10. The topological polar surface area (TPSA) is 66.5 Å². The van der Waals surface area contributed by atoms with Crippen LogP contribution < -0.4 is 10.2 Å². The molecule has 2 aromatic carbocycles. The van der Waals surface area contributed by atoms with Crippen LogP contribution in [0.15, 0.2) is 53.0 Å². The maximum absolute atomic E-state index is 12.6. The van der Waals surface area contributed by atoms with E-state index in [2.05, 4.69) is 21.2 Å². The molecule has 1 aliphatic heterocycles. The second kappa shape index (κ2) is 6.57. The lowest BCUT2D eigenvalue weighted by atomic mass is 10.1. The van der Waals surface area contributed by atoms with Crippen LogP contribution >= 0.6 is 15.9 Å². The van der Waals surface area contributed by atoms with Crippen molar-refractivity contribution in [3.05, 3.63) is 58.6 Å². The molecule has 2 aromatic rings. The zero-order chi connectivity index (χ0) is 17.3. The summed E-state index contributed by atoms with van der Waals surface area (Å²) in [6.07, 6.45) is 0.396. The molecule has 1 N–H and O–H groups in total. The number of Topliss-reactive ketones (excluding diaryl/α,β-unsaturated/α-hetero) is 1. The second-order valence-corrected chi connectivity index (χ2v) is 6.36. The average Bonchev–Trinajstić information content (AvgIpc) is 2.81. The van der Waals surface area contributed by atoms with Gasteiger partial charge in [0.2, 0.25) is 5.91 Å². The van der Waals surface area contributed by atoms with Crippen LogP contribution in [-0.2, 0) is 9.59 Å². The average molecular weight is 387 g/mol. The largest absolute Gasteiger partial charge is 0.324 e. The van der Waals surface area contributed by atoms with Gasteiger partial charge in [0.25, 0.3) is 11.7 Å². The van der Waals surface area contributed by atoms with E-state index in [9.17, 15) is 14.4 Å². The van der Waals surface area contributed by atoms with Crippen molar-refractivity contribution in [2.24, 2.45) is 0 Å². The molecule has 3 rings (SSSR count). The standard InChI is InChI=1S/C18H15BrN2O3/c1-2-14(17(23)20-12-6-4-3-5-7-12)21-15-9-8-11(19)10-13(15)16(22)18(21)24/h3-10,14H,2H2,1H3,(H,20,23). The lowest BCUT2D eigenvalue weighted by molar-refractivity contribution is -0.121. The number of ketones is 1. The molecule has 0 saturated carbocycles. The van der Waals surface area contributed by atoms with Gasteiger partial charge in [-0.25, -0.2) is 0 Å². The molecule has 0 spiro atoms. The number of carbonyl (C=O) groups is 3. The lowest BCUT2D eigenvalue weighted by Crippen LogP contribution is -2.46. The van der Waals surface area contributed by atoms with E-state index >= 15 is 0 Å². The van der Waals surface area contributed by atoms with E-state index in [0.717, 1.165) is 0 Å². The van der Waals surface area contributed by atoms with Crippen LogP contribution in [0.25, 0.3) is 0 Å². The first-order valence-electron chi connectivity index (χ1n) is 7.56. The van der Waals surface area contributed by atoms with Crippen LogP contribution in [-0.4, -0.2) is 23.6 Å². The Labute approximate surface area is 147 Å². The minimum absolute atomic E-state index is 0.319. The second-order valence-electron chi connectivity index (χ2n) is 5.45. The molecule has 0 fully saturated rings. The number of amides is 2. The van der Waals surface area contributed by atoms with Crippen molar-refractivity contribution < 1.29 is 14.4 Å². The van der Waals surface area contributed by atoms with Crippen molar-refractivity contribution in [3.63, 3.8) is 0 Å². The van der Waals surface area contributed by atoms with E-state index in [-0.39, 0.29) is 5.91 Å². The van der Waals surface area contributed by atoms with Gasteiger partial charge in [0, 0.05) is 10.2 Å². The third-order valence-electron chi connectivity index (χ3n) is 3.92. The summed E-state index contributed by atoms with van der Waals surface area (Å²) in [6.45, 7) is 1.81. The van der Waals surface area contributed by atoms with Gasteiger partial charge < -0.3 is 5.32 Å². The lowest BCUT2D eigenvalue weighted by Gasteiger charge is -2.26. The molecule has 1 unspecified atom stereocenters. The molecule has 0 bridgehead atoms. The Hall–Kier alpha value is -2.47. The fourth-order valence-electron chi connectivity index (χ4n) is 2.78. The number of hydrogen-bond acceptors (Lipinski definition) is 3. The van der Waals surface area contributed by atoms with Crippen molar-refractivity contribution in [3.8, 4) is 0 Å². The van der Waals surface area contributed by atoms with Gasteiger partial charge in [-0.05, 0) is 36.8 Å². The zero-order valence-electron chi connectivity index (χ0n) is 13.0. The smallest absolute Gasteiger partial charge is 0.300 e. The molecule has 5 nitrogen and oxygen atoms in total. The maximum atomic E-state index is 12.6. The fraction of sp³-hybridized carbons (Fsp3) is 0.167. The Bertz CT molecular complexity index is 820. The van der Waals surface area contributed by atoms with Gasteiger partial charge in [0.15, 0.2) is 0 Å². The molecular weight excluding hydrogens is 372 g/mol. The van der Waals surface area contributed by atoms with Crippen molar-refractivity contribution in [2.45, 2.75) is 19.4 Å². The predicted molar refractivity (Wildman–Crippen MR) is 95.1 cm³/mol. The maximum Gasteiger partial charge on any atom is 0.300 e. The minimum atomic E-state index is -0.746. The van der Waals surface area contributed by atoms with Gasteiger partial charge in [-0.15, -0.1) is 0 Å². The summed E-state index contributed by atoms with van der Waals surface area (Å²) in [5.41, 5.74) is 1.44. The third kappa shape index (κ3) is 2.85. The van der Waals surface area contributed by atoms with Gasteiger partial charge in [0.05, 0.1) is 11.3 Å². The molecule has 0 saturated heterocycles. The van der Waals surface area contributed by atoms with Gasteiger partial charge in [0.1, 0.15) is 6.04 Å². The normalized spacial score (nSPS) is 14.5. The zero-order valence-corrected chi connectivity index (χ0v) is 14.5. The number of rotatable bonds is 4. The Morgan fingerprint density at radius 3 is 2.54 bits per heavy atom. The van der Waals surface area contributed by atoms with E-state index in [1.54, 1.807) is 30.3 Å². The first-order chi connectivity index (χ1) is 11.5. The van der Waals surface area contributed by atoms with Crippen molar-refractivity contribution in [2.75, 3.05) is 10.2 Å². The molecule has 0 radical (unpaired) electrons. The summed E-state index contributed by atoms with van der Waals surface area (Å²) in [5.74, 6) is -1.57. The van der Waals surface area contributed by atoms with Crippen molar-refractivity contribution in [1.29, 1.82) is 0 Å². The molecule has 0 aliphatic carbocycles. The Kier molecular flexibility index (Phi) is 4.49. The Morgan fingerprint density at radius 2 is 1.88 bits per heavy atom. The van der Waals surface area contributed by atoms with Crippen LogP contribution in [0.5, 0.6) is 0 Å². The highest BCUT2D eigenvalue weighted by Crippen LogP contribution is 2.33. The van der Waals surface area contributed by atoms with E-state index in [1.807, 2.05) is 25.1 Å². The summed E-state index contributed by atoms with van der Waals surface area (Å²) in [7, 11) is 0. The van der Waals surface area contributed by atoms with E-state index in [1.165, 1.54) is 4.90 Å². The van der Waals surface area contributed by atoms with E-state index in [4.69, 9.17) is 0 Å². The quantitative estimate of drug-likeness (QED) is 0.818. The van der Waals surface area contributed by atoms with E-state index < -0.39 is 17.7 Å². The van der Waals surface area contributed by atoms with Gasteiger partial charge in [-0.3, -0.25) is 19.3 Å². The molecule has 1 atom stereocenters. The Balaban J connectivity index is 1.92.